The van der Waals surface area contributed by atoms with Gasteiger partial charge in [0.05, 0.1) is 0 Å². The SMILES string of the molecule is CC(C)CNc1ccn(CC(F)F)n1. The molecule has 3 nitrogen and oxygen atoms in total. The Morgan fingerprint density at radius 1 is 1.50 bits per heavy atom. The van der Waals surface area contributed by atoms with Crippen LogP contribution >= 0.6 is 0 Å². The van der Waals surface area contributed by atoms with E-state index in [0.717, 1.165) is 6.54 Å². The second-order valence-corrected chi connectivity index (χ2v) is 3.59. The van der Waals surface area contributed by atoms with Gasteiger partial charge >= 0.3 is 0 Å². The topological polar surface area (TPSA) is 29.9 Å². The Labute approximate surface area is 82.1 Å². The fourth-order valence-corrected chi connectivity index (χ4v) is 1.01. The Hall–Kier alpha value is -1.13. The molecule has 14 heavy (non-hydrogen) atoms. The lowest BCUT2D eigenvalue weighted by Crippen LogP contribution is -2.10. The van der Waals surface area contributed by atoms with E-state index in [2.05, 4.69) is 24.3 Å². The molecule has 0 spiro atoms. The van der Waals surface area contributed by atoms with E-state index in [-0.39, 0.29) is 6.54 Å². The summed E-state index contributed by atoms with van der Waals surface area (Å²) in [4.78, 5) is 0. The monoisotopic (exact) mass is 203 g/mol. The van der Waals surface area contributed by atoms with Crippen molar-refractivity contribution < 1.29 is 8.78 Å². The van der Waals surface area contributed by atoms with Gasteiger partial charge in [0.15, 0.2) is 0 Å². The number of hydrogen-bond donors (Lipinski definition) is 1. The highest BCUT2D eigenvalue weighted by Gasteiger charge is 2.05. The minimum Gasteiger partial charge on any atom is -0.368 e. The molecular weight excluding hydrogens is 188 g/mol. The highest BCUT2D eigenvalue weighted by molar-refractivity contribution is 5.31. The fraction of sp³-hybridized carbons (Fsp3) is 0.667. The van der Waals surface area contributed by atoms with Gasteiger partial charge in [0.2, 0.25) is 0 Å². The molecule has 5 heteroatoms. The second kappa shape index (κ2) is 4.93. The molecule has 0 saturated carbocycles. The van der Waals surface area contributed by atoms with E-state index >= 15 is 0 Å². The van der Waals surface area contributed by atoms with E-state index in [1.807, 2.05) is 0 Å². The third-order valence-corrected chi connectivity index (χ3v) is 1.66. The van der Waals surface area contributed by atoms with Gasteiger partial charge in [-0.25, -0.2) is 8.78 Å². The molecule has 80 valence electrons. The van der Waals surface area contributed by atoms with Crippen LogP contribution in [0.5, 0.6) is 0 Å². The summed E-state index contributed by atoms with van der Waals surface area (Å²) in [6.07, 6.45) is -0.803. The summed E-state index contributed by atoms with van der Waals surface area (Å²) < 4.78 is 25.2. The molecular formula is C9H15F2N3. The Morgan fingerprint density at radius 3 is 2.79 bits per heavy atom. The van der Waals surface area contributed by atoms with Crippen molar-refractivity contribution >= 4 is 5.82 Å². The largest absolute Gasteiger partial charge is 0.368 e. The lowest BCUT2D eigenvalue weighted by atomic mass is 10.2. The predicted octanol–water partition coefficient (Wildman–Crippen LogP) is 2.22. The molecule has 0 radical (unpaired) electrons. The molecule has 1 heterocycles. The van der Waals surface area contributed by atoms with Crippen molar-refractivity contribution in [3.05, 3.63) is 12.3 Å². The number of nitrogens with one attached hydrogen (secondary N) is 1. The maximum absolute atomic E-state index is 12.0. The zero-order chi connectivity index (χ0) is 10.6. The first-order chi connectivity index (χ1) is 6.58. The van der Waals surface area contributed by atoms with Crippen LogP contribution in [0.15, 0.2) is 12.3 Å². The van der Waals surface area contributed by atoms with Gasteiger partial charge in [0.1, 0.15) is 12.4 Å². The molecule has 0 bridgehead atoms. The number of aromatic nitrogens is 2. The average molecular weight is 203 g/mol. The van der Waals surface area contributed by atoms with Crippen molar-refractivity contribution in [2.75, 3.05) is 11.9 Å². The molecule has 0 amide bonds. The van der Waals surface area contributed by atoms with Crippen LogP contribution in [0, 0.1) is 5.92 Å². The van der Waals surface area contributed by atoms with E-state index in [4.69, 9.17) is 0 Å². The second-order valence-electron chi connectivity index (χ2n) is 3.59. The van der Waals surface area contributed by atoms with Crippen LogP contribution in [0.2, 0.25) is 0 Å². The molecule has 1 N–H and O–H groups in total. The van der Waals surface area contributed by atoms with Gasteiger partial charge < -0.3 is 5.32 Å². The standard InChI is InChI=1S/C9H15F2N3/c1-7(2)5-12-9-3-4-14(13-9)6-8(10)11/h3-4,7-8H,5-6H2,1-2H3,(H,12,13). The molecule has 0 aliphatic heterocycles. The van der Waals surface area contributed by atoms with Gasteiger partial charge in [0.25, 0.3) is 6.43 Å². The van der Waals surface area contributed by atoms with Crippen LogP contribution < -0.4 is 5.32 Å². The predicted molar refractivity (Wildman–Crippen MR) is 51.6 cm³/mol. The van der Waals surface area contributed by atoms with E-state index in [0.29, 0.717) is 11.7 Å². The Bertz CT molecular complexity index is 271. The number of nitrogens with zero attached hydrogens (tertiary/aromatic N) is 2. The van der Waals surface area contributed by atoms with Crippen LogP contribution in [0.25, 0.3) is 0 Å². The van der Waals surface area contributed by atoms with E-state index in [1.165, 1.54) is 4.68 Å². The summed E-state index contributed by atoms with van der Waals surface area (Å²) in [7, 11) is 0. The van der Waals surface area contributed by atoms with Crippen molar-refractivity contribution in [2.45, 2.75) is 26.8 Å². The molecule has 0 atom stereocenters. The van der Waals surface area contributed by atoms with Gasteiger partial charge in [-0.05, 0) is 5.92 Å². The van der Waals surface area contributed by atoms with Crippen LogP contribution in [-0.4, -0.2) is 22.8 Å². The lowest BCUT2D eigenvalue weighted by Gasteiger charge is -2.05. The zero-order valence-corrected chi connectivity index (χ0v) is 8.37. The maximum Gasteiger partial charge on any atom is 0.257 e. The minimum absolute atomic E-state index is 0.344. The molecule has 0 aromatic carbocycles. The van der Waals surface area contributed by atoms with Crippen LogP contribution in [0.4, 0.5) is 14.6 Å². The van der Waals surface area contributed by atoms with E-state index in [1.54, 1.807) is 12.3 Å². The molecule has 0 saturated heterocycles. The Morgan fingerprint density at radius 2 is 2.21 bits per heavy atom. The summed E-state index contributed by atoms with van der Waals surface area (Å²) >= 11 is 0. The van der Waals surface area contributed by atoms with Crippen LogP contribution in [0.1, 0.15) is 13.8 Å². The number of anilines is 1. The number of hydrogen-bond acceptors (Lipinski definition) is 2. The van der Waals surface area contributed by atoms with Crippen molar-refractivity contribution in [2.24, 2.45) is 5.92 Å². The first-order valence-electron chi connectivity index (χ1n) is 4.63. The Kier molecular flexibility index (Phi) is 3.85. The third-order valence-electron chi connectivity index (χ3n) is 1.66. The molecule has 0 aliphatic rings. The normalized spacial score (nSPS) is 11.3. The van der Waals surface area contributed by atoms with Gasteiger partial charge in [0, 0.05) is 18.8 Å². The number of alkyl halides is 2. The molecule has 0 fully saturated rings. The molecule has 0 aliphatic carbocycles. The van der Waals surface area contributed by atoms with Gasteiger partial charge in [-0.3, -0.25) is 4.68 Å². The summed E-state index contributed by atoms with van der Waals surface area (Å²) in [5, 5.41) is 7.01. The highest BCUT2D eigenvalue weighted by Crippen LogP contribution is 2.05. The lowest BCUT2D eigenvalue weighted by molar-refractivity contribution is 0.122. The quantitative estimate of drug-likeness (QED) is 0.795. The maximum atomic E-state index is 12.0. The van der Waals surface area contributed by atoms with Crippen molar-refractivity contribution in [3.8, 4) is 0 Å². The van der Waals surface area contributed by atoms with Gasteiger partial charge in [-0.1, -0.05) is 13.8 Å². The fourth-order valence-electron chi connectivity index (χ4n) is 1.01. The minimum atomic E-state index is -2.35. The van der Waals surface area contributed by atoms with Crippen LogP contribution in [-0.2, 0) is 6.54 Å². The summed E-state index contributed by atoms with van der Waals surface area (Å²) in [5.41, 5.74) is 0. The van der Waals surface area contributed by atoms with Crippen LogP contribution in [0.3, 0.4) is 0 Å². The highest BCUT2D eigenvalue weighted by atomic mass is 19.3. The molecule has 1 rings (SSSR count). The van der Waals surface area contributed by atoms with E-state index < -0.39 is 6.43 Å². The molecule has 1 aromatic rings. The number of halogens is 2. The van der Waals surface area contributed by atoms with E-state index in [9.17, 15) is 8.78 Å². The third kappa shape index (κ3) is 3.72. The van der Waals surface area contributed by atoms with Gasteiger partial charge in [-0.2, -0.15) is 5.10 Å². The Balaban J connectivity index is 2.42. The summed E-state index contributed by atoms with van der Waals surface area (Å²) in [6.45, 7) is 4.60. The first-order valence-corrected chi connectivity index (χ1v) is 4.63. The first kappa shape index (κ1) is 10.9. The summed E-state index contributed by atoms with van der Waals surface area (Å²) in [5.74, 6) is 1.16. The van der Waals surface area contributed by atoms with Crippen molar-refractivity contribution in [3.63, 3.8) is 0 Å². The van der Waals surface area contributed by atoms with Crippen molar-refractivity contribution in [1.82, 2.24) is 9.78 Å². The average Bonchev–Trinajstić information content (AvgIpc) is 2.47. The summed E-state index contributed by atoms with van der Waals surface area (Å²) in [6, 6.07) is 1.70. The smallest absolute Gasteiger partial charge is 0.257 e. The number of rotatable bonds is 5. The van der Waals surface area contributed by atoms with Gasteiger partial charge in [-0.15, -0.1) is 0 Å². The zero-order valence-electron chi connectivity index (χ0n) is 8.37. The molecule has 1 aromatic heterocycles. The van der Waals surface area contributed by atoms with Crippen molar-refractivity contribution in [1.29, 1.82) is 0 Å². The molecule has 0 unspecified atom stereocenters.